The number of amides is 1. The van der Waals surface area contributed by atoms with Crippen LogP contribution in [0, 0.1) is 28.6 Å². The molecule has 4 heteroatoms. The van der Waals surface area contributed by atoms with E-state index in [0.717, 1.165) is 54.4 Å². The van der Waals surface area contributed by atoms with Crippen LogP contribution in [0.3, 0.4) is 0 Å². The van der Waals surface area contributed by atoms with Gasteiger partial charge < -0.3 is 14.4 Å². The number of fused-ring (bicyclic) bond motifs is 6. The molecule has 2 heterocycles. The average Bonchev–Trinajstić information content (AvgIpc) is 3.30. The predicted octanol–water partition coefficient (Wildman–Crippen LogP) is 5.43. The third kappa shape index (κ3) is 2.68. The molecule has 0 unspecified atom stereocenters. The maximum atomic E-state index is 12.3. The molecule has 3 saturated carbocycles. The fourth-order valence-electron chi connectivity index (χ4n) is 7.99. The summed E-state index contributed by atoms with van der Waals surface area (Å²) in [7, 11) is 1.97. The number of rotatable bonds is 1. The standard InChI is InChI=1S/C28H33NO3/c1-27-13-11-25(30)29(3)24(27)9-8-20-21(27)10-12-28(2)22(20)16-18(26(28)31)15-19-14-17-6-4-5-7-23(17)32-19/h4-7,11,13-15,20-22,24,26,31H,8-10,12,16H2,1-3H3/b18-15+/t20-,21+,22+,24-,26+,27-,28+/m1/s1. The zero-order valence-electron chi connectivity index (χ0n) is 19.3. The Hall–Kier alpha value is -2.33. The number of para-hydroxylation sites is 1. The van der Waals surface area contributed by atoms with Crippen LogP contribution >= 0.6 is 0 Å². The van der Waals surface area contributed by atoms with E-state index in [1.165, 1.54) is 0 Å². The molecular formula is C28H33NO3. The quantitative estimate of drug-likeness (QED) is 0.655. The number of hydrogen-bond donors (Lipinski definition) is 1. The van der Waals surface area contributed by atoms with Gasteiger partial charge in [0.15, 0.2) is 0 Å². The van der Waals surface area contributed by atoms with Crippen molar-refractivity contribution in [3.8, 4) is 0 Å². The SMILES string of the molecule is CN1C(=O)C=C[C@]2(C)[C@H]3CC[C@]4(C)[C@@H](O)/C(=C/c5cc6ccccc6o5)C[C@H]4[C@@H]3CC[C@@H]12. The van der Waals surface area contributed by atoms with Crippen molar-refractivity contribution >= 4 is 23.0 Å². The van der Waals surface area contributed by atoms with Crippen molar-refractivity contribution in [2.75, 3.05) is 7.05 Å². The second kappa shape index (κ2) is 6.84. The first-order valence-electron chi connectivity index (χ1n) is 12.1. The summed E-state index contributed by atoms with van der Waals surface area (Å²) < 4.78 is 6.05. The molecule has 1 aromatic heterocycles. The van der Waals surface area contributed by atoms with Crippen molar-refractivity contribution in [3.05, 3.63) is 53.8 Å². The number of aliphatic hydroxyl groups excluding tert-OH is 1. The fraction of sp³-hybridized carbons (Fsp3) is 0.536. The Morgan fingerprint density at radius 2 is 1.97 bits per heavy atom. The van der Waals surface area contributed by atoms with Crippen LogP contribution in [0.5, 0.6) is 0 Å². The molecule has 0 spiro atoms. The fourth-order valence-corrected chi connectivity index (χ4v) is 7.99. The van der Waals surface area contributed by atoms with E-state index in [4.69, 9.17) is 4.42 Å². The summed E-state index contributed by atoms with van der Waals surface area (Å²) in [4.78, 5) is 14.3. The van der Waals surface area contributed by atoms with Crippen LogP contribution in [0.4, 0.5) is 0 Å². The zero-order chi connectivity index (χ0) is 22.3. The molecule has 6 rings (SSSR count). The number of furan rings is 1. The molecule has 7 atom stereocenters. The lowest BCUT2D eigenvalue weighted by Crippen LogP contribution is -2.59. The second-order valence-electron chi connectivity index (χ2n) is 11.2. The Kier molecular flexibility index (Phi) is 4.33. The van der Waals surface area contributed by atoms with Crippen molar-refractivity contribution in [3.63, 3.8) is 0 Å². The van der Waals surface area contributed by atoms with Gasteiger partial charge in [-0.1, -0.05) is 38.1 Å². The largest absolute Gasteiger partial charge is 0.457 e. The minimum atomic E-state index is -0.418. The van der Waals surface area contributed by atoms with E-state index in [0.29, 0.717) is 23.8 Å². The van der Waals surface area contributed by atoms with Crippen LogP contribution < -0.4 is 0 Å². The molecule has 1 aromatic carbocycles. The summed E-state index contributed by atoms with van der Waals surface area (Å²) in [5.41, 5.74) is 1.96. The summed E-state index contributed by atoms with van der Waals surface area (Å²) in [6, 6.07) is 10.4. The van der Waals surface area contributed by atoms with Gasteiger partial charge in [-0.15, -0.1) is 0 Å². The maximum absolute atomic E-state index is 12.3. The highest BCUT2D eigenvalue weighted by Gasteiger charge is 2.61. The van der Waals surface area contributed by atoms with E-state index in [-0.39, 0.29) is 16.7 Å². The first-order chi connectivity index (χ1) is 15.3. The van der Waals surface area contributed by atoms with E-state index in [1.807, 2.05) is 30.1 Å². The molecule has 3 fully saturated rings. The van der Waals surface area contributed by atoms with Gasteiger partial charge >= 0.3 is 0 Å². The number of benzene rings is 1. The van der Waals surface area contributed by atoms with Gasteiger partial charge in [0.1, 0.15) is 11.3 Å². The molecule has 2 aromatic rings. The summed E-state index contributed by atoms with van der Waals surface area (Å²) in [6.07, 6.45) is 11.0. The van der Waals surface area contributed by atoms with Crippen LogP contribution in [-0.2, 0) is 4.79 Å². The van der Waals surface area contributed by atoms with E-state index >= 15 is 0 Å². The minimum absolute atomic E-state index is 0.0308. The minimum Gasteiger partial charge on any atom is -0.457 e. The van der Waals surface area contributed by atoms with Crippen LogP contribution in [0.25, 0.3) is 17.0 Å². The van der Waals surface area contributed by atoms with Crippen LogP contribution in [0.1, 0.15) is 51.7 Å². The number of carbonyl (C=O) groups is 1. The topological polar surface area (TPSA) is 53.7 Å². The summed E-state index contributed by atoms with van der Waals surface area (Å²) in [5.74, 6) is 2.59. The molecule has 4 nitrogen and oxygen atoms in total. The third-order valence-electron chi connectivity index (χ3n) is 9.77. The first-order valence-corrected chi connectivity index (χ1v) is 12.1. The number of nitrogens with zero attached hydrogens (tertiary/aromatic N) is 1. The van der Waals surface area contributed by atoms with Gasteiger partial charge in [0.25, 0.3) is 0 Å². The highest BCUT2D eigenvalue weighted by molar-refractivity contribution is 5.89. The van der Waals surface area contributed by atoms with Crippen LogP contribution in [-0.4, -0.2) is 35.1 Å². The predicted molar refractivity (Wildman–Crippen MR) is 126 cm³/mol. The Balaban J connectivity index is 1.33. The zero-order valence-corrected chi connectivity index (χ0v) is 19.3. The molecular weight excluding hydrogens is 398 g/mol. The van der Waals surface area contributed by atoms with Gasteiger partial charge in [-0.05, 0) is 79.7 Å². The maximum Gasteiger partial charge on any atom is 0.246 e. The smallest absolute Gasteiger partial charge is 0.246 e. The van der Waals surface area contributed by atoms with Crippen LogP contribution in [0.15, 0.2) is 52.5 Å². The normalized spacial score (nSPS) is 42.2. The lowest BCUT2D eigenvalue weighted by molar-refractivity contribution is -0.140. The van der Waals surface area contributed by atoms with E-state index in [9.17, 15) is 9.90 Å². The molecule has 0 bridgehead atoms. The Labute approximate surface area is 190 Å². The van der Waals surface area contributed by atoms with Crippen molar-refractivity contribution in [2.24, 2.45) is 28.6 Å². The molecule has 1 aliphatic heterocycles. The molecule has 0 saturated heterocycles. The first kappa shape index (κ1) is 20.3. The number of carbonyl (C=O) groups excluding carboxylic acids is 1. The van der Waals surface area contributed by atoms with E-state index < -0.39 is 6.10 Å². The molecule has 4 aliphatic rings. The van der Waals surface area contributed by atoms with Gasteiger partial charge in [0, 0.05) is 29.3 Å². The highest BCUT2D eigenvalue weighted by Crippen LogP contribution is 2.65. The summed E-state index contributed by atoms with van der Waals surface area (Å²) in [6.45, 7) is 4.67. The van der Waals surface area contributed by atoms with E-state index in [2.05, 4.69) is 38.1 Å². The lowest BCUT2D eigenvalue weighted by atomic mass is 9.48. The van der Waals surface area contributed by atoms with E-state index in [1.54, 1.807) is 6.08 Å². The summed E-state index contributed by atoms with van der Waals surface area (Å²) in [5, 5.41) is 12.6. The van der Waals surface area contributed by atoms with Gasteiger partial charge in [0.2, 0.25) is 5.91 Å². The lowest BCUT2D eigenvalue weighted by Gasteiger charge is -2.59. The van der Waals surface area contributed by atoms with Crippen molar-refractivity contribution in [2.45, 2.75) is 58.1 Å². The molecule has 3 aliphatic carbocycles. The average molecular weight is 432 g/mol. The number of aliphatic hydroxyl groups is 1. The number of likely N-dealkylation sites (N-methyl/N-ethyl adjacent to an activating group) is 1. The molecule has 1 N–H and O–H groups in total. The van der Waals surface area contributed by atoms with Gasteiger partial charge in [0.05, 0.1) is 6.10 Å². The monoisotopic (exact) mass is 431 g/mol. The third-order valence-corrected chi connectivity index (χ3v) is 9.77. The Bertz CT molecular complexity index is 1110. The summed E-state index contributed by atoms with van der Waals surface area (Å²) >= 11 is 0. The molecule has 0 radical (unpaired) electrons. The van der Waals surface area contributed by atoms with Gasteiger partial charge in [-0.25, -0.2) is 0 Å². The van der Waals surface area contributed by atoms with Crippen molar-refractivity contribution in [1.29, 1.82) is 0 Å². The molecule has 168 valence electrons. The van der Waals surface area contributed by atoms with Crippen molar-refractivity contribution < 1.29 is 14.3 Å². The van der Waals surface area contributed by atoms with Crippen LogP contribution in [0.2, 0.25) is 0 Å². The van der Waals surface area contributed by atoms with Crippen molar-refractivity contribution in [1.82, 2.24) is 4.90 Å². The molecule has 32 heavy (non-hydrogen) atoms. The Morgan fingerprint density at radius 3 is 2.78 bits per heavy atom. The second-order valence-corrected chi connectivity index (χ2v) is 11.2. The molecule has 1 amide bonds. The Morgan fingerprint density at radius 1 is 1.16 bits per heavy atom. The highest BCUT2D eigenvalue weighted by atomic mass is 16.3. The number of hydrogen-bond acceptors (Lipinski definition) is 3. The van der Waals surface area contributed by atoms with Gasteiger partial charge in [-0.2, -0.15) is 0 Å². The van der Waals surface area contributed by atoms with Gasteiger partial charge in [-0.3, -0.25) is 4.79 Å².